The van der Waals surface area contributed by atoms with Crippen molar-refractivity contribution >= 4 is 17.9 Å². The Balaban J connectivity index is 0.000000349. The Morgan fingerprint density at radius 2 is 1.61 bits per heavy atom. The van der Waals surface area contributed by atoms with Crippen LogP contribution in [-0.2, 0) is 20.9 Å². The second-order valence-electron chi connectivity index (χ2n) is 9.28. The first-order chi connectivity index (χ1) is 19.1. The monoisotopic (exact) mass is 596 g/mol. The second-order valence-corrected chi connectivity index (χ2v) is 9.28. The SMILES string of the molecule is COc1ccc(CN2CCCC3(CC(N(C)c4ncccn4)CO3)C2)cc1.O=C(O)C(F)(F)F.O=C(O)C(F)(F)F. The van der Waals surface area contributed by atoms with Crippen LogP contribution in [0.2, 0.25) is 0 Å². The highest BCUT2D eigenvalue weighted by Gasteiger charge is 2.45. The highest BCUT2D eigenvalue weighted by molar-refractivity contribution is 5.73. The van der Waals surface area contributed by atoms with Crippen molar-refractivity contribution in [1.82, 2.24) is 14.9 Å². The number of likely N-dealkylation sites (N-methyl/N-ethyl adjacent to an activating group) is 1. The molecule has 10 nitrogen and oxygen atoms in total. The van der Waals surface area contributed by atoms with Crippen LogP contribution in [0.3, 0.4) is 0 Å². The summed E-state index contributed by atoms with van der Waals surface area (Å²) in [6.07, 6.45) is -3.25. The molecule has 2 unspecified atom stereocenters. The molecular weight excluding hydrogens is 566 g/mol. The molecule has 41 heavy (non-hydrogen) atoms. The number of piperidine rings is 1. The van der Waals surface area contributed by atoms with Gasteiger partial charge in [0, 0.05) is 39.0 Å². The molecule has 1 spiro atoms. The van der Waals surface area contributed by atoms with E-state index in [4.69, 9.17) is 29.3 Å². The molecule has 0 bridgehead atoms. The quantitative estimate of drug-likeness (QED) is 0.489. The number of aromatic nitrogens is 2. The van der Waals surface area contributed by atoms with E-state index < -0.39 is 24.3 Å². The van der Waals surface area contributed by atoms with E-state index in [9.17, 15) is 26.3 Å². The fourth-order valence-electron chi connectivity index (χ4n) is 4.30. The average molecular weight is 597 g/mol. The van der Waals surface area contributed by atoms with Gasteiger partial charge in [0.2, 0.25) is 5.95 Å². The fraction of sp³-hybridized carbons (Fsp3) is 0.520. The first-order valence-electron chi connectivity index (χ1n) is 12.2. The molecule has 2 aliphatic heterocycles. The Morgan fingerprint density at radius 3 is 2.10 bits per heavy atom. The molecule has 2 N–H and O–H groups in total. The predicted octanol–water partition coefficient (Wildman–Crippen LogP) is 4.01. The Kier molecular flexibility index (Phi) is 11.7. The highest BCUT2D eigenvalue weighted by atomic mass is 19.4. The summed E-state index contributed by atoms with van der Waals surface area (Å²) in [7, 11) is 3.77. The van der Waals surface area contributed by atoms with Crippen LogP contribution in [0.5, 0.6) is 5.75 Å². The number of aliphatic carboxylic acids is 2. The van der Waals surface area contributed by atoms with Gasteiger partial charge in [0.15, 0.2) is 0 Å². The van der Waals surface area contributed by atoms with Crippen LogP contribution in [0.15, 0.2) is 42.7 Å². The second kappa shape index (κ2) is 14.3. The summed E-state index contributed by atoms with van der Waals surface area (Å²) in [6, 6.07) is 10.5. The third-order valence-electron chi connectivity index (χ3n) is 6.27. The molecule has 0 radical (unpaired) electrons. The van der Waals surface area contributed by atoms with Gasteiger partial charge in [-0.15, -0.1) is 0 Å². The lowest BCUT2D eigenvalue weighted by Gasteiger charge is -2.40. The Bertz CT molecular complexity index is 1100. The largest absolute Gasteiger partial charge is 0.497 e. The molecule has 2 aromatic rings. The van der Waals surface area contributed by atoms with Crippen LogP contribution in [0, 0.1) is 0 Å². The van der Waals surface area contributed by atoms with Gasteiger partial charge in [-0.1, -0.05) is 12.1 Å². The highest BCUT2D eigenvalue weighted by Crippen LogP contribution is 2.37. The molecule has 2 saturated heterocycles. The molecule has 2 aliphatic rings. The lowest BCUT2D eigenvalue weighted by molar-refractivity contribution is -0.193. The fourth-order valence-corrected chi connectivity index (χ4v) is 4.30. The average Bonchev–Trinajstić information content (AvgIpc) is 3.31. The van der Waals surface area contributed by atoms with Crippen molar-refractivity contribution < 1.29 is 55.6 Å². The maximum Gasteiger partial charge on any atom is 0.490 e. The van der Waals surface area contributed by atoms with Crippen molar-refractivity contribution in [1.29, 1.82) is 0 Å². The summed E-state index contributed by atoms with van der Waals surface area (Å²) in [5.74, 6) is -3.84. The molecule has 2 fully saturated rings. The number of rotatable bonds is 5. The Hall–Kier alpha value is -3.66. The molecule has 228 valence electrons. The molecule has 1 aromatic carbocycles. The molecule has 0 saturated carbocycles. The van der Waals surface area contributed by atoms with E-state index in [1.165, 1.54) is 12.0 Å². The van der Waals surface area contributed by atoms with E-state index in [1.54, 1.807) is 19.5 Å². The van der Waals surface area contributed by atoms with E-state index in [2.05, 4.69) is 38.9 Å². The minimum absolute atomic E-state index is 0.0432. The lowest BCUT2D eigenvalue weighted by Crippen LogP contribution is -2.48. The topological polar surface area (TPSA) is 125 Å². The summed E-state index contributed by atoms with van der Waals surface area (Å²) >= 11 is 0. The van der Waals surface area contributed by atoms with Crippen molar-refractivity contribution in [2.45, 2.75) is 49.8 Å². The molecule has 2 atom stereocenters. The first kappa shape index (κ1) is 33.5. The number of anilines is 1. The zero-order chi connectivity index (χ0) is 30.8. The molecule has 4 rings (SSSR count). The number of hydrogen-bond donors (Lipinski definition) is 2. The van der Waals surface area contributed by atoms with Gasteiger partial charge in [-0.25, -0.2) is 19.6 Å². The van der Waals surface area contributed by atoms with E-state index >= 15 is 0 Å². The van der Waals surface area contributed by atoms with Crippen molar-refractivity contribution in [3.63, 3.8) is 0 Å². The van der Waals surface area contributed by atoms with Crippen LogP contribution >= 0.6 is 0 Å². The molecule has 3 heterocycles. The minimum atomic E-state index is -5.08. The summed E-state index contributed by atoms with van der Waals surface area (Å²) in [5, 5.41) is 14.2. The van der Waals surface area contributed by atoms with Gasteiger partial charge in [-0.3, -0.25) is 4.90 Å². The number of carbonyl (C=O) groups is 2. The minimum Gasteiger partial charge on any atom is -0.497 e. The van der Waals surface area contributed by atoms with Gasteiger partial charge >= 0.3 is 24.3 Å². The van der Waals surface area contributed by atoms with Crippen molar-refractivity contribution in [3.05, 3.63) is 48.3 Å². The van der Waals surface area contributed by atoms with E-state index in [-0.39, 0.29) is 5.60 Å². The molecule has 0 amide bonds. The summed E-state index contributed by atoms with van der Waals surface area (Å²) in [5.41, 5.74) is 1.27. The van der Waals surface area contributed by atoms with Crippen LogP contribution in [0.25, 0.3) is 0 Å². The first-order valence-corrected chi connectivity index (χ1v) is 12.2. The van der Waals surface area contributed by atoms with Gasteiger partial charge in [0.1, 0.15) is 5.75 Å². The Labute approximate surface area is 231 Å². The maximum atomic E-state index is 10.6. The third kappa shape index (κ3) is 10.7. The number of likely N-dealkylation sites (tertiary alicyclic amines) is 1. The van der Waals surface area contributed by atoms with Crippen molar-refractivity contribution in [2.24, 2.45) is 0 Å². The standard InChI is InChI=1S/C21H28N4O2.2C2HF3O2/c1-24(20-22-10-4-11-23-20)18-13-21(27-15-18)9-3-12-25(16-21)14-17-5-7-19(26-2)8-6-17;2*3-2(4,5)1(6)7/h4-8,10-11,18H,3,9,12-16H2,1-2H3;2*(H,6,7). The number of hydrogen-bond acceptors (Lipinski definition) is 8. The number of ether oxygens (including phenoxy) is 2. The molecule has 1 aromatic heterocycles. The van der Waals surface area contributed by atoms with Gasteiger partial charge in [-0.2, -0.15) is 26.3 Å². The van der Waals surface area contributed by atoms with Gasteiger partial charge in [0.25, 0.3) is 0 Å². The van der Waals surface area contributed by atoms with E-state index in [0.29, 0.717) is 6.04 Å². The van der Waals surface area contributed by atoms with Crippen molar-refractivity contribution in [2.75, 3.05) is 38.8 Å². The number of carboxylic acid groups (broad SMARTS) is 2. The number of halogens is 6. The summed E-state index contributed by atoms with van der Waals surface area (Å²) in [4.78, 5) is 31.2. The van der Waals surface area contributed by atoms with Crippen LogP contribution in [-0.4, -0.2) is 94.9 Å². The predicted molar refractivity (Wildman–Crippen MR) is 132 cm³/mol. The van der Waals surface area contributed by atoms with Crippen molar-refractivity contribution in [3.8, 4) is 5.75 Å². The lowest BCUT2D eigenvalue weighted by atomic mass is 9.88. The number of nitrogens with zero attached hydrogens (tertiary/aromatic N) is 4. The van der Waals surface area contributed by atoms with Gasteiger partial charge < -0.3 is 24.6 Å². The molecule has 16 heteroatoms. The van der Waals surface area contributed by atoms with Crippen LogP contribution < -0.4 is 9.64 Å². The van der Waals surface area contributed by atoms with E-state index in [0.717, 1.165) is 50.8 Å². The van der Waals surface area contributed by atoms with Gasteiger partial charge in [0.05, 0.1) is 25.4 Å². The number of alkyl halides is 6. The smallest absolute Gasteiger partial charge is 0.490 e. The summed E-state index contributed by atoms with van der Waals surface area (Å²) < 4.78 is 75.1. The summed E-state index contributed by atoms with van der Waals surface area (Å²) in [6.45, 7) is 3.81. The Morgan fingerprint density at radius 1 is 1.07 bits per heavy atom. The van der Waals surface area contributed by atoms with E-state index in [1.807, 2.05) is 18.2 Å². The van der Waals surface area contributed by atoms with Gasteiger partial charge in [-0.05, 0) is 43.1 Å². The molecule has 0 aliphatic carbocycles. The normalized spacial score (nSPS) is 20.7. The molecular formula is C25H30F6N4O6. The zero-order valence-corrected chi connectivity index (χ0v) is 22.2. The number of methoxy groups -OCH3 is 1. The van der Waals surface area contributed by atoms with Crippen LogP contribution in [0.4, 0.5) is 32.3 Å². The number of carboxylic acids is 2. The zero-order valence-electron chi connectivity index (χ0n) is 22.2. The van der Waals surface area contributed by atoms with Crippen LogP contribution in [0.1, 0.15) is 24.8 Å². The maximum absolute atomic E-state index is 10.6. The third-order valence-corrected chi connectivity index (χ3v) is 6.27. The number of benzene rings is 1.